The summed E-state index contributed by atoms with van der Waals surface area (Å²) in [5.74, 6) is 0.525. The van der Waals surface area contributed by atoms with E-state index in [1.165, 1.54) is 0 Å². The standard InChI is InChI=1S/C12H14N2O2/c1-2-3-8-11-10(15)6-9(7-4-5-7)13-12(11)16-14-8/h6-7H,2-5H2,1H3,(H,13,15). The normalized spacial score (nSPS) is 15.8. The summed E-state index contributed by atoms with van der Waals surface area (Å²) in [4.78, 5) is 15.1. The number of hydrogen-bond donors (Lipinski definition) is 1. The van der Waals surface area contributed by atoms with Crippen molar-refractivity contribution in [3.63, 3.8) is 0 Å². The van der Waals surface area contributed by atoms with Gasteiger partial charge in [-0.25, -0.2) is 0 Å². The van der Waals surface area contributed by atoms with Gasteiger partial charge < -0.3 is 9.51 Å². The van der Waals surface area contributed by atoms with Crippen molar-refractivity contribution in [1.82, 2.24) is 10.1 Å². The van der Waals surface area contributed by atoms with E-state index in [0.29, 0.717) is 17.0 Å². The summed E-state index contributed by atoms with van der Waals surface area (Å²) in [5, 5.41) is 4.59. The van der Waals surface area contributed by atoms with Gasteiger partial charge in [0.1, 0.15) is 5.39 Å². The Kier molecular flexibility index (Phi) is 2.09. The second-order valence-electron chi connectivity index (χ2n) is 4.45. The summed E-state index contributed by atoms with van der Waals surface area (Å²) in [5.41, 5.74) is 2.36. The highest BCUT2D eigenvalue weighted by atomic mass is 16.5. The molecule has 0 spiro atoms. The van der Waals surface area contributed by atoms with Crippen molar-refractivity contribution in [3.8, 4) is 0 Å². The predicted molar refractivity (Wildman–Crippen MR) is 60.6 cm³/mol. The van der Waals surface area contributed by atoms with Crippen molar-refractivity contribution in [1.29, 1.82) is 0 Å². The minimum absolute atomic E-state index is 0.0420. The minimum atomic E-state index is 0.0420. The fourth-order valence-corrected chi connectivity index (χ4v) is 2.06. The highest BCUT2D eigenvalue weighted by Crippen LogP contribution is 2.38. The number of aryl methyl sites for hydroxylation is 1. The summed E-state index contributed by atoms with van der Waals surface area (Å²) >= 11 is 0. The van der Waals surface area contributed by atoms with E-state index in [4.69, 9.17) is 4.52 Å². The fraction of sp³-hybridized carbons (Fsp3) is 0.500. The molecule has 0 aromatic carbocycles. The average Bonchev–Trinajstić information content (AvgIpc) is 3.03. The molecule has 0 radical (unpaired) electrons. The van der Waals surface area contributed by atoms with E-state index in [2.05, 4.69) is 17.1 Å². The first kappa shape index (κ1) is 9.63. The van der Waals surface area contributed by atoms with Crippen LogP contribution in [0.25, 0.3) is 11.1 Å². The largest absolute Gasteiger partial charge is 0.337 e. The highest BCUT2D eigenvalue weighted by molar-refractivity contribution is 5.75. The SMILES string of the molecule is CCCc1noc2[nH]c(C3CC3)cc(=O)c12. The molecule has 0 amide bonds. The van der Waals surface area contributed by atoms with E-state index >= 15 is 0 Å². The van der Waals surface area contributed by atoms with Gasteiger partial charge in [-0.2, -0.15) is 0 Å². The maximum Gasteiger partial charge on any atom is 0.240 e. The number of aromatic nitrogens is 2. The monoisotopic (exact) mass is 218 g/mol. The molecule has 1 saturated carbocycles. The third kappa shape index (κ3) is 1.45. The molecular weight excluding hydrogens is 204 g/mol. The van der Waals surface area contributed by atoms with Gasteiger partial charge in [0.05, 0.1) is 5.69 Å². The van der Waals surface area contributed by atoms with E-state index < -0.39 is 0 Å². The topological polar surface area (TPSA) is 58.9 Å². The highest BCUT2D eigenvalue weighted by Gasteiger charge is 2.26. The van der Waals surface area contributed by atoms with Gasteiger partial charge in [-0.05, 0) is 25.2 Å². The molecule has 2 aromatic rings. The van der Waals surface area contributed by atoms with Crippen molar-refractivity contribution >= 4 is 11.1 Å². The van der Waals surface area contributed by atoms with Crippen LogP contribution < -0.4 is 5.43 Å². The number of aromatic amines is 1. The molecule has 4 nitrogen and oxygen atoms in total. The molecule has 0 aliphatic heterocycles. The Morgan fingerprint density at radius 1 is 1.56 bits per heavy atom. The van der Waals surface area contributed by atoms with Gasteiger partial charge in [-0.3, -0.25) is 4.79 Å². The summed E-state index contributed by atoms with van der Waals surface area (Å²) < 4.78 is 5.20. The molecule has 1 aliphatic carbocycles. The Balaban J connectivity index is 2.18. The molecular formula is C12H14N2O2. The van der Waals surface area contributed by atoms with E-state index in [-0.39, 0.29) is 5.43 Å². The molecule has 16 heavy (non-hydrogen) atoms. The quantitative estimate of drug-likeness (QED) is 0.860. The predicted octanol–water partition coefficient (Wildman–Crippen LogP) is 2.35. The Hall–Kier alpha value is -1.58. The number of fused-ring (bicyclic) bond motifs is 1. The first-order valence-electron chi connectivity index (χ1n) is 5.81. The van der Waals surface area contributed by atoms with Crippen LogP contribution in [0.15, 0.2) is 15.4 Å². The van der Waals surface area contributed by atoms with E-state index in [9.17, 15) is 4.79 Å². The number of pyridine rings is 1. The van der Waals surface area contributed by atoms with Crippen molar-refractivity contribution < 1.29 is 4.52 Å². The molecule has 0 bridgehead atoms. The number of rotatable bonds is 3. The van der Waals surface area contributed by atoms with Crippen molar-refractivity contribution in [2.45, 2.75) is 38.5 Å². The Morgan fingerprint density at radius 2 is 2.38 bits per heavy atom. The van der Waals surface area contributed by atoms with Crippen LogP contribution in [-0.4, -0.2) is 10.1 Å². The number of nitrogens with zero attached hydrogens (tertiary/aromatic N) is 1. The van der Waals surface area contributed by atoms with Crippen LogP contribution in [0.3, 0.4) is 0 Å². The Labute approximate surface area is 92.6 Å². The molecule has 0 atom stereocenters. The maximum atomic E-state index is 12.0. The molecule has 4 heteroatoms. The van der Waals surface area contributed by atoms with E-state index in [0.717, 1.165) is 37.1 Å². The van der Waals surface area contributed by atoms with Gasteiger partial charge in [-0.1, -0.05) is 18.5 Å². The van der Waals surface area contributed by atoms with Crippen LogP contribution in [0.2, 0.25) is 0 Å². The molecule has 1 fully saturated rings. The zero-order valence-corrected chi connectivity index (χ0v) is 9.25. The Bertz CT molecular complexity index is 578. The average molecular weight is 218 g/mol. The van der Waals surface area contributed by atoms with Crippen LogP contribution in [0.5, 0.6) is 0 Å². The third-order valence-corrected chi connectivity index (χ3v) is 3.06. The zero-order chi connectivity index (χ0) is 11.1. The second kappa shape index (κ2) is 3.47. The molecule has 0 unspecified atom stereocenters. The van der Waals surface area contributed by atoms with Crippen molar-refractivity contribution in [3.05, 3.63) is 27.7 Å². The second-order valence-corrected chi connectivity index (χ2v) is 4.45. The van der Waals surface area contributed by atoms with Crippen LogP contribution >= 0.6 is 0 Å². The lowest BCUT2D eigenvalue weighted by Gasteiger charge is -1.97. The van der Waals surface area contributed by atoms with Crippen molar-refractivity contribution in [2.75, 3.05) is 0 Å². The van der Waals surface area contributed by atoms with Crippen LogP contribution in [0, 0.1) is 0 Å². The lowest BCUT2D eigenvalue weighted by Crippen LogP contribution is -2.05. The van der Waals surface area contributed by atoms with E-state index in [1.807, 2.05) is 0 Å². The van der Waals surface area contributed by atoms with Gasteiger partial charge in [-0.15, -0.1) is 0 Å². The van der Waals surface area contributed by atoms with Gasteiger partial charge in [0.15, 0.2) is 5.43 Å². The number of H-pyrrole nitrogens is 1. The third-order valence-electron chi connectivity index (χ3n) is 3.06. The number of hydrogen-bond acceptors (Lipinski definition) is 3. The summed E-state index contributed by atoms with van der Waals surface area (Å²) in [6.07, 6.45) is 4.08. The van der Waals surface area contributed by atoms with Crippen LogP contribution in [0.1, 0.15) is 43.5 Å². The smallest absolute Gasteiger partial charge is 0.240 e. The van der Waals surface area contributed by atoms with Crippen molar-refractivity contribution in [2.24, 2.45) is 0 Å². The van der Waals surface area contributed by atoms with Gasteiger partial charge in [0.25, 0.3) is 0 Å². The number of nitrogens with one attached hydrogen (secondary N) is 1. The minimum Gasteiger partial charge on any atom is -0.337 e. The maximum absolute atomic E-state index is 12.0. The first-order chi connectivity index (χ1) is 7.79. The fourth-order valence-electron chi connectivity index (χ4n) is 2.06. The zero-order valence-electron chi connectivity index (χ0n) is 9.25. The van der Waals surface area contributed by atoms with Gasteiger partial charge >= 0.3 is 0 Å². The summed E-state index contributed by atoms with van der Waals surface area (Å²) in [6.45, 7) is 2.06. The lowest BCUT2D eigenvalue weighted by molar-refractivity contribution is 0.437. The summed E-state index contributed by atoms with van der Waals surface area (Å²) in [6, 6.07) is 1.70. The van der Waals surface area contributed by atoms with Gasteiger partial charge in [0.2, 0.25) is 5.71 Å². The van der Waals surface area contributed by atoms with Crippen LogP contribution in [-0.2, 0) is 6.42 Å². The summed E-state index contributed by atoms with van der Waals surface area (Å²) in [7, 11) is 0. The lowest BCUT2D eigenvalue weighted by atomic mass is 10.1. The molecule has 1 N–H and O–H groups in total. The molecule has 1 aliphatic rings. The van der Waals surface area contributed by atoms with Gasteiger partial charge in [0, 0.05) is 11.8 Å². The molecule has 2 heterocycles. The first-order valence-corrected chi connectivity index (χ1v) is 5.81. The molecule has 2 aromatic heterocycles. The molecule has 84 valence electrons. The van der Waals surface area contributed by atoms with E-state index in [1.54, 1.807) is 6.07 Å². The van der Waals surface area contributed by atoms with Crippen LogP contribution in [0.4, 0.5) is 0 Å². The Morgan fingerprint density at radius 3 is 3.06 bits per heavy atom. The molecule has 0 saturated heterocycles. The molecule has 3 rings (SSSR count).